The van der Waals surface area contributed by atoms with Gasteiger partial charge in [-0.25, -0.2) is 0 Å². The van der Waals surface area contributed by atoms with Crippen LogP contribution < -0.4 is 0 Å². The van der Waals surface area contributed by atoms with E-state index in [2.05, 4.69) is 0 Å². The molecule has 54 valence electrons. The molecule has 0 fully saturated rings. The van der Waals surface area contributed by atoms with E-state index in [1.807, 2.05) is 0 Å². The van der Waals surface area contributed by atoms with Crippen LogP contribution >= 0.6 is 0 Å². The third-order valence-corrected chi connectivity index (χ3v) is 0. The molecule has 0 rings (SSSR count). The molecule has 0 amide bonds. The molecule has 0 radical (unpaired) electrons. The first kappa shape index (κ1) is 48.8. The predicted octanol–water partition coefficient (Wildman–Crippen LogP) is -2.72. The number of hydrogen-bond donors (Lipinski definition) is 0. The van der Waals surface area contributed by atoms with Crippen molar-refractivity contribution in [1.29, 1.82) is 0 Å². The second-order valence-corrected chi connectivity index (χ2v) is 0.224. The molecule has 0 aliphatic carbocycles. The maximum atomic E-state index is 8.25. The first-order valence-electron chi connectivity index (χ1n) is 0.548. The molecule has 8 heavy (non-hydrogen) atoms. The summed E-state index contributed by atoms with van der Waals surface area (Å²) in [7, 11) is 0. The number of rotatable bonds is 0. The molecule has 7 nitrogen and oxygen atoms in total. The SMILES string of the molecule is O.O.O.O=[N+]([O-])[O-].[Cr]. The van der Waals surface area contributed by atoms with Gasteiger partial charge in [0.1, 0.15) is 0 Å². The van der Waals surface area contributed by atoms with Crippen LogP contribution in [0.15, 0.2) is 0 Å². The molecule has 0 unspecified atom stereocenters. The monoisotopic (exact) mass is 168 g/mol. The average Bonchev–Trinajstić information content (AvgIpc) is 0.811. The van der Waals surface area contributed by atoms with Gasteiger partial charge in [-0.05, 0) is 0 Å². The van der Waals surface area contributed by atoms with Crippen molar-refractivity contribution in [1.82, 2.24) is 0 Å². The molecule has 0 aliphatic rings. The molecule has 0 saturated heterocycles. The maximum Gasteiger partial charge on any atom is 0.0689 e. The van der Waals surface area contributed by atoms with Crippen LogP contribution in [0.2, 0.25) is 0 Å². The van der Waals surface area contributed by atoms with Crippen molar-refractivity contribution in [3.8, 4) is 0 Å². The second kappa shape index (κ2) is 30.5. The van der Waals surface area contributed by atoms with Gasteiger partial charge >= 0.3 is 0 Å². The minimum absolute atomic E-state index is 0. The summed E-state index contributed by atoms with van der Waals surface area (Å²) in [6.07, 6.45) is 0. The van der Waals surface area contributed by atoms with Crippen molar-refractivity contribution >= 4 is 0 Å². The minimum atomic E-state index is -1.75. The second-order valence-electron chi connectivity index (χ2n) is 0.224. The van der Waals surface area contributed by atoms with E-state index in [9.17, 15) is 0 Å². The quantitative estimate of drug-likeness (QED) is 0.284. The van der Waals surface area contributed by atoms with Crippen LogP contribution in [0.1, 0.15) is 0 Å². The van der Waals surface area contributed by atoms with E-state index in [1.54, 1.807) is 0 Å². The van der Waals surface area contributed by atoms with Gasteiger partial charge in [0.25, 0.3) is 0 Å². The van der Waals surface area contributed by atoms with Gasteiger partial charge in [0, 0.05) is 17.4 Å². The Morgan fingerprint density at radius 1 is 1.00 bits per heavy atom. The summed E-state index contributed by atoms with van der Waals surface area (Å²) >= 11 is 0. The van der Waals surface area contributed by atoms with E-state index < -0.39 is 5.09 Å². The standard InChI is InChI=1S/Cr.NO3.3H2O/c;2-1(3)4;;;/h;;3*1H2/q;-1;;;. The summed E-state index contributed by atoms with van der Waals surface area (Å²) in [4.78, 5) is 8.25. The Morgan fingerprint density at radius 3 is 1.00 bits per heavy atom. The fourth-order valence-electron chi connectivity index (χ4n) is 0. The minimum Gasteiger partial charge on any atom is -0.412 e. The largest absolute Gasteiger partial charge is 0.412 e. The normalized spacial score (nSPS) is 3.00. The average molecular weight is 168 g/mol. The summed E-state index contributed by atoms with van der Waals surface area (Å²) in [6, 6.07) is 0. The Morgan fingerprint density at radius 2 is 1.00 bits per heavy atom. The van der Waals surface area contributed by atoms with Gasteiger partial charge in [-0.3, -0.25) is 0 Å². The van der Waals surface area contributed by atoms with Gasteiger partial charge in [-0.15, -0.1) is 0 Å². The summed E-state index contributed by atoms with van der Waals surface area (Å²) < 4.78 is 0. The molecule has 0 heterocycles. The van der Waals surface area contributed by atoms with Gasteiger partial charge in [-0.1, -0.05) is 0 Å². The van der Waals surface area contributed by atoms with Crippen LogP contribution in [0, 0.1) is 15.3 Å². The van der Waals surface area contributed by atoms with Gasteiger partial charge in [-0.2, -0.15) is 0 Å². The fourth-order valence-corrected chi connectivity index (χ4v) is 0. The molecule has 0 aromatic rings. The van der Waals surface area contributed by atoms with Gasteiger partial charge in [0.2, 0.25) is 0 Å². The fraction of sp³-hybridized carbons (Fsp3) is 0. The van der Waals surface area contributed by atoms with E-state index in [1.165, 1.54) is 0 Å². The summed E-state index contributed by atoms with van der Waals surface area (Å²) in [5.74, 6) is 0. The zero-order chi connectivity index (χ0) is 3.58. The van der Waals surface area contributed by atoms with Crippen LogP contribution in [-0.4, -0.2) is 21.5 Å². The van der Waals surface area contributed by atoms with E-state index >= 15 is 0 Å². The van der Waals surface area contributed by atoms with Gasteiger partial charge in [0.05, 0.1) is 5.09 Å². The molecule has 8 heteroatoms. The topological polar surface area (TPSA) is 161 Å². The number of hydrogen-bond acceptors (Lipinski definition) is 3. The third-order valence-electron chi connectivity index (χ3n) is 0. The smallest absolute Gasteiger partial charge is 0.0689 e. The predicted molar refractivity (Wildman–Crippen MR) is 21.2 cm³/mol. The van der Waals surface area contributed by atoms with Crippen LogP contribution in [0.3, 0.4) is 0 Å². The van der Waals surface area contributed by atoms with Gasteiger partial charge in [0.15, 0.2) is 0 Å². The molecule has 0 atom stereocenters. The van der Waals surface area contributed by atoms with Crippen molar-refractivity contribution in [3.63, 3.8) is 0 Å². The Balaban J connectivity index is -0.00000000750. The Bertz CT molecular complexity index is 31.5. The Hall–Kier alpha value is -0.388. The third kappa shape index (κ3) is 795. The van der Waals surface area contributed by atoms with Crippen LogP contribution in [0.4, 0.5) is 0 Å². The molecule has 6 N–H and O–H groups in total. The number of nitrogens with zero attached hydrogens (tertiary/aromatic N) is 1. The van der Waals surface area contributed by atoms with Gasteiger partial charge < -0.3 is 31.8 Å². The Labute approximate surface area is 55.1 Å². The van der Waals surface area contributed by atoms with Crippen LogP contribution in [0.25, 0.3) is 0 Å². The van der Waals surface area contributed by atoms with E-state index in [0.29, 0.717) is 0 Å². The summed E-state index contributed by atoms with van der Waals surface area (Å²) in [5, 5.41) is 14.8. The summed E-state index contributed by atoms with van der Waals surface area (Å²) in [5.41, 5.74) is 0. The molecular weight excluding hydrogens is 162 g/mol. The summed E-state index contributed by atoms with van der Waals surface area (Å²) in [6.45, 7) is 0. The molecule has 0 aromatic heterocycles. The zero-order valence-corrected chi connectivity index (χ0v) is 4.86. The molecule has 0 aliphatic heterocycles. The molecule has 0 spiro atoms. The first-order valence-corrected chi connectivity index (χ1v) is 0.548. The van der Waals surface area contributed by atoms with Crippen molar-refractivity contribution in [2.45, 2.75) is 0 Å². The van der Waals surface area contributed by atoms with E-state index in [4.69, 9.17) is 15.3 Å². The van der Waals surface area contributed by atoms with Crippen LogP contribution in [0.5, 0.6) is 0 Å². The first-order chi connectivity index (χ1) is 1.73. The van der Waals surface area contributed by atoms with E-state index in [0.717, 1.165) is 0 Å². The van der Waals surface area contributed by atoms with Crippen molar-refractivity contribution in [2.75, 3.05) is 0 Å². The Kier molecular flexibility index (Phi) is 186. The molecule has 0 bridgehead atoms. The maximum absolute atomic E-state index is 8.25. The van der Waals surface area contributed by atoms with Crippen molar-refractivity contribution in [2.24, 2.45) is 0 Å². The van der Waals surface area contributed by atoms with Crippen molar-refractivity contribution < 1.29 is 38.9 Å². The molecule has 0 saturated carbocycles. The molecule has 0 aromatic carbocycles. The van der Waals surface area contributed by atoms with Crippen LogP contribution in [-0.2, 0) is 17.4 Å². The zero-order valence-electron chi connectivity index (χ0n) is 3.58. The van der Waals surface area contributed by atoms with Crippen molar-refractivity contribution in [3.05, 3.63) is 15.3 Å². The van der Waals surface area contributed by atoms with E-state index in [-0.39, 0.29) is 33.8 Å². The molecular formula is H6CrNO6-.